The first-order valence-corrected chi connectivity index (χ1v) is 6.74. The lowest BCUT2D eigenvalue weighted by Crippen LogP contribution is -2.28. The van der Waals surface area contributed by atoms with E-state index in [-0.39, 0.29) is 0 Å². The van der Waals surface area contributed by atoms with Gasteiger partial charge in [0, 0.05) is 29.4 Å². The highest BCUT2D eigenvalue weighted by atomic mass is 35.5. The van der Waals surface area contributed by atoms with E-state index in [0.29, 0.717) is 10.0 Å². The van der Waals surface area contributed by atoms with Crippen LogP contribution in [0.2, 0.25) is 5.02 Å². The summed E-state index contributed by atoms with van der Waals surface area (Å²) in [4.78, 5) is 2.75. The average molecular weight is 269 g/mol. The lowest BCUT2D eigenvalue weighted by atomic mass is 10.1. The van der Waals surface area contributed by atoms with E-state index in [1.807, 2.05) is 18.2 Å². The van der Waals surface area contributed by atoms with Crippen molar-refractivity contribution in [3.05, 3.63) is 28.8 Å². The molecule has 2 nitrogen and oxygen atoms in total. The summed E-state index contributed by atoms with van der Waals surface area (Å²) in [5.41, 5.74) is 7.76. The Morgan fingerprint density at radius 1 is 1.53 bits per heavy atom. The van der Waals surface area contributed by atoms with Crippen LogP contribution in [0.3, 0.4) is 0 Å². The molecule has 1 aliphatic rings. The third kappa shape index (κ3) is 3.11. The number of halogens is 1. The van der Waals surface area contributed by atoms with Gasteiger partial charge in [-0.05, 0) is 43.9 Å². The smallest absolute Gasteiger partial charge is 0.106 e. The lowest BCUT2D eigenvalue weighted by molar-refractivity contribution is 0.741. The summed E-state index contributed by atoms with van der Waals surface area (Å²) in [7, 11) is 0. The van der Waals surface area contributed by atoms with E-state index < -0.39 is 0 Å². The first kappa shape index (κ1) is 12.7. The van der Waals surface area contributed by atoms with E-state index in [9.17, 15) is 0 Å². The summed E-state index contributed by atoms with van der Waals surface area (Å²) in [5.74, 6) is 0.838. The molecule has 0 atom stereocenters. The van der Waals surface area contributed by atoms with Gasteiger partial charge < -0.3 is 10.6 Å². The molecular formula is C13H17ClN2S. The minimum Gasteiger partial charge on any atom is -0.389 e. The van der Waals surface area contributed by atoms with Crippen molar-refractivity contribution in [1.29, 1.82) is 0 Å². The zero-order valence-corrected chi connectivity index (χ0v) is 11.5. The van der Waals surface area contributed by atoms with Gasteiger partial charge in [0.1, 0.15) is 4.99 Å². The fraction of sp³-hybridized carbons (Fsp3) is 0.462. The molecule has 2 N–H and O–H groups in total. The molecule has 1 saturated carbocycles. The maximum absolute atomic E-state index is 5.99. The van der Waals surface area contributed by atoms with Gasteiger partial charge in [-0.1, -0.05) is 23.8 Å². The van der Waals surface area contributed by atoms with Crippen LogP contribution in [-0.2, 0) is 0 Å². The molecule has 2 rings (SSSR count). The van der Waals surface area contributed by atoms with Gasteiger partial charge in [0.25, 0.3) is 0 Å². The van der Waals surface area contributed by atoms with Crippen LogP contribution in [0.15, 0.2) is 18.2 Å². The van der Waals surface area contributed by atoms with Gasteiger partial charge in [-0.15, -0.1) is 0 Å². The highest BCUT2D eigenvalue weighted by Crippen LogP contribution is 2.33. The van der Waals surface area contributed by atoms with Crippen molar-refractivity contribution in [2.75, 3.05) is 18.0 Å². The van der Waals surface area contributed by atoms with E-state index in [1.54, 1.807) is 0 Å². The van der Waals surface area contributed by atoms with Gasteiger partial charge in [0.2, 0.25) is 0 Å². The van der Waals surface area contributed by atoms with Gasteiger partial charge in [-0.2, -0.15) is 0 Å². The van der Waals surface area contributed by atoms with Crippen molar-refractivity contribution < 1.29 is 0 Å². The van der Waals surface area contributed by atoms with E-state index in [0.717, 1.165) is 30.3 Å². The standard InChI is InChI=1S/C13H17ClN2S/c1-2-16(8-9-3-4-9)12-6-5-10(14)7-11(12)13(15)17/h5-7,9H,2-4,8H2,1H3,(H2,15,17). The number of hydrogen-bond donors (Lipinski definition) is 1. The lowest BCUT2D eigenvalue weighted by Gasteiger charge is -2.25. The zero-order valence-electron chi connectivity index (χ0n) is 9.95. The van der Waals surface area contributed by atoms with Crippen molar-refractivity contribution >= 4 is 34.5 Å². The molecule has 17 heavy (non-hydrogen) atoms. The summed E-state index contributed by atoms with van der Waals surface area (Å²) in [6.07, 6.45) is 2.68. The van der Waals surface area contributed by atoms with Crippen LogP contribution in [0.1, 0.15) is 25.3 Å². The van der Waals surface area contributed by atoms with Crippen molar-refractivity contribution in [2.24, 2.45) is 11.7 Å². The normalized spacial score (nSPS) is 14.7. The molecule has 0 heterocycles. The SMILES string of the molecule is CCN(CC1CC1)c1ccc(Cl)cc1C(N)=S. The molecule has 1 fully saturated rings. The number of benzene rings is 1. The maximum atomic E-state index is 5.99. The highest BCUT2D eigenvalue weighted by molar-refractivity contribution is 7.80. The number of rotatable bonds is 5. The Balaban J connectivity index is 2.30. The van der Waals surface area contributed by atoms with Crippen molar-refractivity contribution in [3.8, 4) is 0 Å². The molecule has 0 aliphatic heterocycles. The van der Waals surface area contributed by atoms with Gasteiger partial charge in [-0.3, -0.25) is 0 Å². The van der Waals surface area contributed by atoms with Crippen LogP contribution in [0.5, 0.6) is 0 Å². The van der Waals surface area contributed by atoms with Gasteiger partial charge in [0.15, 0.2) is 0 Å². The maximum Gasteiger partial charge on any atom is 0.106 e. The van der Waals surface area contributed by atoms with Crippen LogP contribution in [0, 0.1) is 5.92 Å². The molecule has 0 aromatic heterocycles. The van der Waals surface area contributed by atoms with Crippen molar-refractivity contribution in [1.82, 2.24) is 0 Å². The molecule has 92 valence electrons. The second kappa shape index (κ2) is 5.23. The molecular weight excluding hydrogens is 252 g/mol. The quantitative estimate of drug-likeness (QED) is 0.832. The number of nitrogens with zero attached hydrogens (tertiary/aromatic N) is 1. The molecule has 1 aliphatic carbocycles. The van der Waals surface area contributed by atoms with E-state index >= 15 is 0 Å². The Kier molecular flexibility index (Phi) is 3.89. The minimum atomic E-state index is 0.414. The molecule has 0 unspecified atom stereocenters. The molecule has 0 spiro atoms. The molecule has 0 radical (unpaired) electrons. The Bertz CT molecular complexity index is 429. The largest absolute Gasteiger partial charge is 0.389 e. The third-order valence-electron chi connectivity index (χ3n) is 3.12. The monoisotopic (exact) mass is 268 g/mol. The van der Waals surface area contributed by atoms with Gasteiger partial charge in [-0.25, -0.2) is 0 Å². The van der Waals surface area contributed by atoms with Crippen molar-refractivity contribution in [3.63, 3.8) is 0 Å². The van der Waals surface area contributed by atoms with Crippen LogP contribution in [-0.4, -0.2) is 18.1 Å². The topological polar surface area (TPSA) is 29.3 Å². The first-order chi connectivity index (χ1) is 8.11. The van der Waals surface area contributed by atoms with Crippen LogP contribution in [0.25, 0.3) is 0 Å². The molecule has 0 amide bonds. The highest BCUT2D eigenvalue weighted by Gasteiger charge is 2.25. The fourth-order valence-electron chi connectivity index (χ4n) is 1.99. The Morgan fingerprint density at radius 3 is 2.76 bits per heavy atom. The zero-order chi connectivity index (χ0) is 12.4. The predicted molar refractivity (Wildman–Crippen MR) is 78.0 cm³/mol. The summed E-state index contributed by atoms with van der Waals surface area (Å²) in [6.45, 7) is 4.21. The van der Waals surface area contributed by atoms with Crippen molar-refractivity contribution in [2.45, 2.75) is 19.8 Å². The Labute approximate surface area is 113 Å². The molecule has 1 aromatic carbocycles. The van der Waals surface area contributed by atoms with Crippen LogP contribution < -0.4 is 10.6 Å². The minimum absolute atomic E-state index is 0.414. The average Bonchev–Trinajstić information content (AvgIpc) is 3.10. The van der Waals surface area contributed by atoms with E-state index in [1.165, 1.54) is 12.8 Å². The Morgan fingerprint density at radius 2 is 2.24 bits per heavy atom. The van der Waals surface area contributed by atoms with Crippen LogP contribution >= 0.6 is 23.8 Å². The second-order valence-electron chi connectivity index (χ2n) is 4.51. The molecule has 1 aromatic rings. The van der Waals surface area contributed by atoms with E-state index in [2.05, 4.69) is 11.8 Å². The summed E-state index contributed by atoms with van der Waals surface area (Å²) < 4.78 is 0. The number of nitrogens with two attached hydrogens (primary N) is 1. The summed E-state index contributed by atoms with van der Waals surface area (Å²) in [6, 6.07) is 5.77. The fourth-order valence-corrected chi connectivity index (χ4v) is 2.33. The summed E-state index contributed by atoms with van der Waals surface area (Å²) >= 11 is 11.1. The van der Waals surface area contributed by atoms with Gasteiger partial charge in [0.05, 0.1) is 0 Å². The summed E-state index contributed by atoms with van der Waals surface area (Å²) in [5, 5.41) is 0.680. The van der Waals surface area contributed by atoms with Gasteiger partial charge >= 0.3 is 0 Å². The molecule has 4 heteroatoms. The number of hydrogen-bond acceptors (Lipinski definition) is 2. The van der Waals surface area contributed by atoms with Crippen LogP contribution in [0.4, 0.5) is 5.69 Å². The second-order valence-corrected chi connectivity index (χ2v) is 5.38. The molecule has 0 saturated heterocycles. The number of anilines is 1. The Hall–Kier alpha value is -0.800. The third-order valence-corrected chi connectivity index (χ3v) is 3.58. The first-order valence-electron chi connectivity index (χ1n) is 5.96. The molecule has 0 bridgehead atoms. The predicted octanol–water partition coefficient (Wildman–Crippen LogP) is 3.21. The van der Waals surface area contributed by atoms with E-state index in [4.69, 9.17) is 29.6 Å². The number of thiocarbonyl (C=S) groups is 1.